The van der Waals surface area contributed by atoms with E-state index in [1.54, 1.807) is 0 Å². The van der Waals surface area contributed by atoms with Crippen molar-refractivity contribution in [1.82, 2.24) is 4.90 Å². The Labute approximate surface area is 124 Å². The molecule has 0 aliphatic carbocycles. The summed E-state index contributed by atoms with van der Waals surface area (Å²) in [5.74, 6) is 1.03. The summed E-state index contributed by atoms with van der Waals surface area (Å²) in [5, 5.41) is 0.391. The minimum atomic E-state index is 0.391. The number of hydrogen-bond donors (Lipinski definition) is 0. The fourth-order valence-corrected chi connectivity index (χ4v) is 3.73. The van der Waals surface area contributed by atoms with E-state index < -0.39 is 0 Å². The van der Waals surface area contributed by atoms with Gasteiger partial charge in [-0.15, -0.1) is 11.8 Å². The Kier molecular flexibility index (Phi) is 3.79. The molecule has 0 saturated carbocycles. The van der Waals surface area contributed by atoms with E-state index in [1.165, 1.54) is 16.8 Å². The van der Waals surface area contributed by atoms with Crippen molar-refractivity contribution < 1.29 is 0 Å². The lowest BCUT2D eigenvalue weighted by molar-refractivity contribution is 0.464. The molecule has 20 heavy (non-hydrogen) atoms. The average molecular weight is 282 g/mol. The number of likely N-dealkylation sites (N-methyl/N-ethyl adjacent to an activating group) is 1. The molecule has 2 nitrogen and oxygen atoms in total. The minimum absolute atomic E-state index is 0.391. The van der Waals surface area contributed by atoms with Gasteiger partial charge in [-0.05, 0) is 36.3 Å². The van der Waals surface area contributed by atoms with Crippen molar-refractivity contribution in [2.75, 3.05) is 7.05 Å². The third kappa shape index (κ3) is 2.59. The van der Waals surface area contributed by atoms with E-state index >= 15 is 0 Å². The van der Waals surface area contributed by atoms with E-state index in [1.807, 2.05) is 24.1 Å². The first-order valence-corrected chi connectivity index (χ1v) is 7.83. The molecule has 102 valence electrons. The maximum absolute atomic E-state index is 4.42. The molecule has 0 amide bonds. The van der Waals surface area contributed by atoms with Gasteiger partial charge >= 0.3 is 0 Å². The molecule has 0 spiro atoms. The van der Waals surface area contributed by atoms with Gasteiger partial charge < -0.3 is 4.90 Å². The Morgan fingerprint density at radius 3 is 2.75 bits per heavy atom. The van der Waals surface area contributed by atoms with Gasteiger partial charge in [0.1, 0.15) is 0 Å². The first kappa shape index (κ1) is 13.3. The smallest absolute Gasteiger partial charge is 0.0942 e. The molecule has 1 atom stereocenters. The Balaban J connectivity index is 1.72. The van der Waals surface area contributed by atoms with Gasteiger partial charge in [0.2, 0.25) is 0 Å². The van der Waals surface area contributed by atoms with Crippen molar-refractivity contribution in [2.24, 2.45) is 4.99 Å². The molecule has 3 heteroatoms. The quantitative estimate of drug-likeness (QED) is 0.833. The van der Waals surface area contributed by atoms with Crippen LogP contribution in [-0.4, -0.2) is 23.5 Å². The molecule has 0 N–H and O–H groups in total. The van der Waals surface area contributed by atoms with Crippen LogP contribution in [0, 0.1) is 0 Å². The highest BCUT2D eigenvalue weighted by Gasteiger charge is 2.26. The summed E-state index contributed by atoms with van der Waals surface area (Å²) >= 11 is 1.95. The summed E-state index contributed by atoms with van der Waals surface area (Å²) in [6.45, 7) is 2.17. The number of rotatable bonds is 3. The number of allylic oxidation sites excluding steroid dienone is 3. The van der Waals surface area contributed by atoms with Crippen LogP contribution in [0.1, 0.15) is 12.5 Å². The predicted molar refractivity (Wildman–Crippen MR) is 87.7 cm³/mol. The van der Waals surface area contributed by atoms with E-state index in [0.29, 0.717) is 5.37 Å². The Morgan fingerprint density at radius 1 is 1.25 bits per heavy atom. The Hall–Kier alpha value is -1.74. The van der Waals surface area contributed by atoms with Crippen LogP contribution >= 0.6 is 11.8 Å². The number of benzene rings is 1. The Bertz CT molecular complexity index is 597. The van der Waals surface area contributed by atoms with Gasteiger partial charge in [0.05, 0.1) is 16.8 Å². The minimum Gasteiger partial charge on any atom is -0.357 e. The molecule has 0 bridgehead atoms. The van der Waals surface area contributed by atoms with E-state index in [0.717, 1.165) is 11.4 Å². The summed E-state index contributed by atoms with van der Waals surface area (Å²) in [4.78, 5) is 6.75. The lowest BCUT2D eigenvalue weighted by Gasteiger charge is -2.23. The zero-order chi connectivity index (χ0) is 13.9. The Morgan fingerprint density at radius 2 is 2.05 bits per heavy atom. The van der Waals surface area contributed by atoms with Crippen LogP contribution in [0.25, 0.3) is 0 Å². The largest absolute Gasteiger partial charge is 0.357 e. The van der Waals surface area contributed by atoms with E-state index in [9.17, 15) is 0 Å². The highest BCUT2D eigenvalue weighted by molar-refractivity contribution is 7.99. The number of hydrogen-bond acceptors (Lipinski definition) is 3. The second kappa shape index (κ2) is 5.71. The van der Waals surface area contributed by atoms with Gasteiger partial charge in [0.15, 0.2) is 0 Å². The average Bonchev–Trinajstić information content (AvgIpc) is 3.06. The van der Waals surface area contributed by atoms with Crippen molar-refractivity contribution in [2.45, 2.75) is 18.1 Å². The molecule has 0 aromatic heterocycles. The molecule has 0 saturated heterocycles. The number of nitrogens with zero attached hydrogens (tertiary/aromatic N) is 2. The van der Waals surface area contributed by atoms with Crippen molar-refractivity contribution in [3.05, 3.63) is 71.1 Å². The van der Waals surface area contributed by atoms with Crippen LogP contribution in [-0.2, 0) is 5.75 Å². The van der Waals surface area contributed by atoms with Crippen molar-refractivity contribution in [1.29, 1.82) is 0 Å². The molecular formula is C17H18N2S. The topological polar surface area (TPSA) is 15.6 Å². The zero-order valence-corrected chi connectivity index (χ0v) is 12.6. The summed E-state index contributed by atoms with van der Waals surface area (Å²) in [5.41, 5.74) is 5.01. The summed E-state index contributed by atoms with van der Waals surface area (Å²) in [6, 6.07) is 10.6. The second-order valence-electron chi connectivity index (χ2n) is 5.02. The highest BCUT2D eigenvalue weighted by atomic mass is 32.2. The fraction of sp³-hybridized carbons (Fsp3) is 0.235. The summed E-state index contributed by atoms with van der Waals surface area (Å²) in [7, 11) is 2.15. The van der Waals surface area contributed by atoms with Gasteiger partial charge in [-0.1, -0.05) is 30.3 Å². The summed E-state index contributed by atoms with van der Waals surface area (Å²) in [6.07, 6.45) is 8.26. The van der Waals surface area contributed by atoms with E-state index in [-0.39, 0.29) is 0 Å². The molecule has 1 aromatic rings. The van der Waals surface area contributed by atoms with Gasteiger partial charge in [-0.3, -0.25) is 4.99 Å². The molecular weight excluding hydrogens is 264 g/mol. The van der Waals surface area contributed by atoms with Gasteiger partial charge in [-0.2, -0.15) is 0 Å². The maximum Gasteiger partial charge on any atom is 0.0942 e. The van der Waals surface area contributed by atoms with Crippen LogP contribution in [0.3, 0.4) is 0 Å². The SMILES string of the molecule is CC1=CC(SCc2ccccc2)N(C)C1=C1C=CC=N1. The first-order chi connectivity index (χ1) is 9.75. The lowest BCUT2D eigenvalue weighted by Crippen LogP contribution is -2.22. The highest BCUT2D eigenvalue weighted by Crippen LogP contribution is 2.36. The number of thioether (sulfide) groups is 1. The first-order valence-electron chi connectivity index (χ1n) is 6.78. The van der Waals surface area contributed by atoms with Gasteiger partial charge in [-0.25, -0.2) is 0 Å². The van der Waals surface area contributed by atoms with E-state index in [2.05, 4.69) is 66.3 Å². The molecule has 2 aliphatic rings. The molecule has 0 fully saturated rings. The van der Waals surface area contributed by atoms with E-state index in [4.69, 9.17) is 0 Å². The van der Waals surface area contributed by atoms with Crippen LogP contribution < -0.4 is 0 Å². The normalized spacial score (nSPS) is 24.6. The van der Waals surface area contributed by atoms with Gasteiger partial charge in [0, 0.05) is 19.0 Å². The molecule has 0 radical (unpaired) electrons. The van der Waals surface area contributed by atoms with Gasteiger partial charge in [0.25, 0.3) is 0 Å². The lowest BCUT2D eigenvalue weighted by atomic mass is 10.2. The third-order valence-electron chi connectivity index (χ3n) is 3.56. The van der Waals surface area contributed by atoms with Crippen LogP contribution in [0.15, 0.2) is 70.5 Å². The van der Waals surface area contributed by atoms with Crippen LogP contribution in [0.4, 0.5) is 0 Å². The molecule has 2 aliphatic heterocycles. The molecule has 1 aromatic carbocycles. The molecule has 1 unspecified atom stereocenters. The fourth-order valence-electron chi connectivity index (χ4n) is 2.55. The number of aliphatic imine (C=N–C) groups is 1. The second-order valence-corrected chi connectivity index (χ2v) is 6.12. The van der Waals surface area contributed by atoms with Crippen LogP contribution in [0.2, 0.25) is 0 Å². The van der Waals surface area contributed by atoms with Crippen molar-refractivity contribution >= 4 is 18.0 Å². The molecule has 2 heterocycles. The van der Waals surface area contributed by atoms with Crippen LogP contribution in [0.5, 0.6) is 0 Å². The maximum atomic E-state index is 4.42. The third-order valence-corrected chi connectivity index (χ3v) is 4.85. The zero-order valence-electron chi connectivity index (χ0n) is 11.8. The predicted octanol–water partition coefficient (Wildman–Crippen LogP) is 3.99. The monoisotopic (exact) mass is 282 g/mol. The summed E-state index contributed by atoms with van der Waals surface area (Å²) < 4.78 is 0. The van der Waals surface area contributed by atoms with Crippen molar-refractivity contribution in [3.63, 3.8) is 0 Å². The molecule has 3 rings (SSSR count). The van der Waals surface area contributed by atoms with Crippen molar-refractivity contribution in [3.8, 4) is 0 Å². The standard InChI is InChI=1S/C17H18N2S/c1-13-11-16(20-12-14-7-4-3-5-8-14)19(2)17(13)15-9-6-10-18-15/h3-11,16H,12H2,1-2H3.